The molecule has 0 saturated carbocycles. The smallest absolute Gasteiger partial charge is 0.344 e. The monoisotopic (exact) mass is 306 g/mol. The van der Waals surface area contributed by atoms with Crippen LogP contribution in [0.3, 0.4) is 0 Å². The normalized spacial score (nSPS) is 17.8. The lowest BCUT2D eigenvalue weighted by Crippen LogP contribution is -2.27. The van der Waals surface area contributed by atoms with Gasteiger partial charge in [0.15, 0.2) is 12.4 Å². The maximum atomic E-state index is 11.6. The van der Waals surface area contributed by atoms with Crippen molar-refractivity contribution in [3.05, 3.63) is 29.8 Å². The average Bonchev–Trinajstić information content (AvgIpc) is 2.58. The molecule has 0 N–H and O–H groups in total. The van der Waals surface area contributed by atoms with Gasteiger partial charge in [0.2, 0.25) is 0 Å². The van der Waals surface area contributed by atoms with E-state index < -0.39 is 5.97 Å². The molecule has 0 radical (unpaired) electrons. The second-order valence-corrected chi connectivity index (χ2v) is 5.26. The molecule has 1 aliphatic rings. The van der Waals surface area contributed by atoms with Crippen LogP contribution in [0, 0.1) is 0 Å². The SMILES string of the molecule is CCC(=O)c1ccc(OCC(=O)OCC2CCCCO2)cc1. The third-order valence-electron chi connectivity index (χ3n) is 3.56. The minimum atomic E-state index is -0.414. The molecule has 0 aliphatic carbocycles. The number of carbonyl (C=O) groups is 2. The summed E-state index contributed by atoms with van der Waals surface area (Å²) in [4.78, 5) is 23.1. The number of esters is 1. The van der Waals surface area contributed by atoms with E-state index in [4.69, 9.17) is 14.2 Å². The molecule has 1 saturated heterocycles. The van der Waals surface area contributed by atoms with Crippen LogP contribution in [0.25, 0.3) is 0 Å². The van der Waals surface area contributed by atoms with Crippen molar-refractivity contribution >= 4 is 11.8 Å². The van der Waals surface area contributed by atoms with Gasteiger partial charge in [-0.25, -0.2) is 4.79 Å². The first-order valence-corrected chi connectivity index (χ1v) is 7.72. The quantitative estimate of drug-likeness (QED) is 0.572. The number of benzene rings is 1. The summed E-state index contributed by atoms with van der Waals surface area (Å²) in [6.45, 7) is 2.69. The van der Waals surface area contributed by atoms with Crippen LogP contribution in [-0.4, -0.2) is 37.7 Å². The van der Waals surface area contributed by atoms with Crippen LogP contribution in [0.5, 0.6) is 5.75 Å². The first kappa shape index (κ1) is 16.5. The van der Waals surface area contributed by atoms with E-state index in [1.165, 1.54) is 0 Å². The van der Waals surface area contributed by atoms with Crippen molar-refractivity contribution in [1.82, 2.24) is 0 Å². The molecule has 2 rings (SSSR count). The number of hydrogen-bond acceptors (Lipinski definition) is 5. The fourth-order valence-electron chi connectivity index (χ4n) is 2.25. The largest absolute Gasteiger partial charge is 0.482 e. The molecular formula is C17H22O5. The van der Waals surface area contributed by atoms with Gasteiger partial charge in [0, 0.05) is 18.6 Å². The van der Waals surface area contributed by atoms with E-state index >= 15 is 0 Å². The summed E-state index contributed by atoms with van der Waals surface area (Å²) < 4.78 is 16.0. The number of hydrogen-bond donors (Lipinski definition) is 0. The highest BCUT2D eigenvalue weighted by Crippen LogP contribution is 2.14. The zero-order valence-corrected chi connectivity index (χ0v) is 12.9. The molecule has 1 fully saturated rings. The second kappa shape index (κ2) is 8.54. The predicted octanol–water partition coefficient (Wildman–Crippen LogP) is 2.77. The molecule has 1 atom stereocenters. The van der Waals surface area contributed by atoms with Crippen molar-refractivity contribution in [3.63, 3.8) is 0 Å². The Morgan fingerprint density at radius 2 is 2.00 bits per heavy atom. The Bertz CT molecular complexity index is 488. The van der Waals surface area contributed by atoms with E-state index in [0.717, 1.165) is 25.9 Å². The molecule has 1 aliphatic heterocycles. The minimum absolute atomic E-state index is 0.0111. The lowest BCUT2D eigenvalue weighted by atomic mass is 10.1. The zero-order valence-electron chi connectivity index (χ0n) is 12.9. The summed E-state index contributed by atoms with van der Waals surface area (Å²) in [6.07, 6.45) is 3.60. The van der Waals surface area contributed by atoms with Crippen molar-refractivity contribution in [1.29, 1.82) is 0 Å². The van der Waals surface area contributed by atoms with Crippen molar-refractivity contribution < 1.29 is 23.8 Å². The van der Waals surface area contributed by atoms with Crippen LogP contribution in [0.1, 0.15) is 43.0 Å². The highest BCUT2D eigenvalue weighted by Gasteiger charge is 2.16. The van der Waals surface area contributed by atoms with E-state index in [1.807, 2.05) is 6.92 Å². The van der Waals surface area contributed by atoms with Gasteiger partial charge in [-0.15, -0.1) is 0 Å². The molecule has 1 aromatic rings. The molecule has 1 aromatic carbocycles. The Balaban J connectivity index is 1.70. The van der Waals surface area contributed by atoms with Gasteiger partial charge in [-0.2, -0.15) is 0 Å². The third kappa shape index (κ3) is 5.15. The Kier molecular flexibility index (Phi) is 6.40. The molecule has 22 heavy (non-hydrogen) atoms. The van der Waals surface area contributed by atoms with Crippen LogP contribution < -0.4 is 4.74 Å². The van der Waals surface area contributed by atoms with Gasteiger partial charge < -0.3 is 14.2 Å². The van der Waals surface area contributed by atoms with Crippen LogP contribution >= 0.6 is 0 Å². The molecule has 5 heteroatoms. The van der Waals surface area contributed by atoms with E-state index in [2.05, 4.69) is 0 Å². The number of Topliss-reactive ketones (excluding diaryl/α,β-unsaturated/α-hetero) is 1. The molecule has 0 bridgehead atoms. The average molecular weight is 306 g/mol. The van der Waals surface area contributed by atoms with Gasteiger partial charge in [-0.3, -0.25) is 4.79 Å². The van der Waals surface area contributed by atoms with Crippen molar-refractivity contribution in [2.45, 2.75) is 38.7 Å². The topological polar surface area (TPSA) is 61.8 Å². The fourth-order valence-corrected chi connectivity index (χ4v) is 2.25. The van der Waals surface area contributed by atoms with Crippen molar-refractivity contribution in [2.75, 3.05) is 19.8 Å². The van der Waals surface area contributed by atoms with Crippen molar-refractivity contribution in [3.8, 4) is 5.75 Å². The van der Waals surface area contributed by atoms with Crippen LogP contribution in [0.2, 0.25) is 0 Å². The molecule has 0 amide bonds. The molecule has 1 unspecified atom stereocenters. The minimum Gasteiger partial charge on any atom is -0.482 e. The molecule has 120 valence electrons. The van der Waals surface area contributed by atoms with Crippen LogP contribution in [-0.2, 0) is 14.3 Å². The highest BCUT2D eigenvalue weighted by atomic mass is 16.6. The van der Waals surface area contributed by atoms with Gasteiger partial charge >= 0.3 is 5.97 Å². The lowest BCUT2D eigenvalue weighted by Gasteiger charge is -2.22. The maximum Gasteiger partial charge on any atom is 0.344 e. The summed E-state index contributed by atoms with van der Waals surface area (Å²) >= 11 is 0. The molecule has 0 aromatic heterocycles. The molecule has 1 heterocycles. The zero-order chi connectivity index (χ0) is 15.8. The first-order chi connectivity index (χ1) is 10.7. The van der Waals surface area contributed by atoms with E-state index in [0.29, 0.717) is 17.7 Å². The number of rotatable bonds is 7. The summed E-state index contributed by atoms with van der Waals surface area (Å²) in [5.74, 6) is 0.208. The Morgan fingerprint density at radius 3 is 2.64 bits per heavy atom. The van der Waals surface area contributed by atoms with Gasteiger partial charge in [0.05, 0.1) is 6.10 Å². The lowest BCUT2D eigenvalue weighted by molar-refractivity contribution is -0.151. The fraction of sp³-hybridized carbons (Fsp3) is 0.529. The van der Waals surface area contributed by atoms with Gasteiger partial charge in [-0.05, 0) is 43.5 Å². The van der Waals surface area contributed by atoms with E-state index in [9.17, 15) is 9.59 Å². The molecule has 5 nitrogen and oxygen atoms in total. The highest BCUT2D eigenvalue weighted by molar-refractivity contribution is 5.95. The summed E-state index contributed by atoms with van der Waals surface area (Å²) in [5.41, 5.74) is 0.645. The first-order valence-electron chi connectivity index (χ1n) is 7.72. The van der Waals surface area contributed by atoms with Crippen LogP contribution in [0.4, 0.5) is 0 Å². The molecule has 0 spiro atoms. The van der Waals surface area contributed by atoms with E-state index in [-0.39, 0.29) is 25.1 Å². The van der Waals surface area contributed by atoms with E-state index in [1.54, 1.807) is 24.3 Å². The number of ether oxygens (including phenoxy) is 3. The van der Waals surface area contributed by atoms with Crippen LogP contribution in [0.15, 0.2) is 24.3 Å². The number of carbonyl (C=O) groups excluding carboxylic acids is 2. The number of ketones is 1. The summed E-state index contributed by atoms with van der Waals surface area (Å²) in [7, 11) is 0. The summed E-state index contributed by atoms with van der Waals surface area (Å²) in [6, 6.07) is 6.76. The summed E-state index contributed by atoms with van der Waals surface area (Å²) in [5, 5.41) is 0. The van der Waals surface area contributed by atoms with Gasteiger partial charge in [0.1, 0.15) is 12.4 Å². The Labute approximate surface area is 130 Å². The predicted molar refractivity (Wildman–Crippen MR) is 81.1 cm³/mol. The maximum absolute atomic E-state index is 11.6. The van der Waals surface area contributed by atoms with Crippen molar-refractivity contribution in [2.24, 2.45) is 0 Å². The Hall–Kier alpha value is -1.88. The standard InChI is InChI=1S/C17H22O5/c1-2-16(18)13-6-8-14(9-7-13)21-12-17(19)22-11-15-5-3-4-10-20-15/h6-9,15H,2-5,10-12H2,1H3. The molecular weight excluding hydrogens is 284 g/mol. The third-order valence-corrected chi connectivity index (χ3v) is 3.56. The Morgan fingerprint density at radius 1 is 1.23 bits per heavy atom. The van der Waals surface area contributed by atoms with Gasteiger partial charge in [0.25, 0.3) is 0 Å². The van der Waals surface area contributed by atoms with Gasteiger partial charge in [-0.1, -0.05) is 6.92 Å². The second-order valence-electron chi connectivity index (χ2n) is 5.26.